The molecule has 2 rings (SSSR count). The van der Waals surface area contributed by atoms with Gasteiger partial charge in [0, 0.05) is 13.5 Å². The number of nitrogens with zero attached hydrogens (tertiary/aromatic N) is 5. The Labute approximate surface area is 124 Å². The van der Waals surface area contributed by atoms with E-state index < -0.39 is 4.92 Å². The van der Waals surface area contributed by atoms with E-state index in [1.165, 1.54) is 0 Å². The molecule has 2 aromatic heterocycles. The SMILES string of the molecule is CCCNc1nc(C)c([N+](=O)[O-])c(Sc2nnc(C)o2)n1. The molecule has 0 aliphatic carbocycles. The molecule has 2 heterocycles. The van der Waals surface area contributed by atoms with E-state index in [1.807, 2.05) is 6.92 Å². The average Bonchev–Trinajstić information content (AvgIpc) is 2.80. The zero-order valence-electron chi connectivity index (χ0n) is 11.8. The van der Waals surface area contributed by atoms with Crippen LogP contribution in [0.2, 0.25) is 0 Å². The van der Waals surface area contributed by atoms with Crippen LogP contribution < -0.4 is 5.32 Å². The fourth-order valence-corrected chi connectivity index (χ4v) is 2.40. The highest BCUT2D eigenvalue weighted by Gasteiger charge is 2.24. The molecule has 9 nitrogen and oxygen atoms in total. The lowest BCUT2D eigenvalue weighted by atomic mass is 10.4. The highest BCUT2D eigenvalue weighted by atomic mass is 32.2. The summed E-state index contributed by atoms with van der Waals surface area (Å²) in [6.07, 6.45) is 0.894. The third-order valence-corrected chi connectivity index (χ3v) is 3.25. The molecule has 0 bridgehead atoms. The van der Waals surface area contributed by atoms with Crippen molar-refractivity contribution >= 4 is 23.4 Å². The van der Waals surface area contributed by atoms with Gasteiger partial charge in [-0.25, -0.2) is 4.98 Å². The third kappa shape index (κ3) is 3.66. The Morgan fingerprint density at radius 2 is 2.10 bits per heavy atom. The summed E-state index contributed by atoms with van der Waals surface area (Å²) in [6.45, 7) is 5.90. The van der Waals surface area contributed by atoms with Crippen LogP contribution in [0, 0.1) is 24.0 Å². The second-order valence-corrected chi connectivity index (χ2v) is 5.10. The molecule has 0 fully saturated rings. The minimum atomic E-state index is -0.509. The molecule has 0 aliphatic rings. The minimum Gasteiger partial charge on any atom is -0.416 e. The predicted molar refractivity (Wildman–Crippen MR) is 75.4 cm³/mol. The van der Waals surface area contributed by atoms with E-state index >= 15 is 0 Å². The summed E-state index contributed by atoms with van der Waals surface area (Å²) in [5.41, 5.74) is 0.130. The van der Waals surface area contributed by atoms with Gasteiger partial charge in [-0.3, -0.25) is 10.1 Å². The fraction of sp³-hybridized carbons (Fsp3) is 0.455. The fourth-order valence-electron chi connectivity index (χ4n) is 1.54. The Morgan fingerprint density at radius 1 is 1.33 bits per heavy atom. The summed E-state index contributed by atoms with van der Waals surface area (Å²) in [7, 11) is 0. The van der Waals surface area contributed by atoms with Crippen molar-refractivity contribution < 1.29 is 9.34 Å². The molecule has 0 saturated carbocycles. The highest BCUT2D eigenvalue weighted by Crippen LogP contribution is 2.34. The number of hydrogen-bond acceptors (Lipinski definition) is 9. The molecule has 0 aromatic carbocycles. The Kier molecular flexibility index (Phi) is 4.68. The van der Waals surface area contributed by atoms with Gasteiger partial charge < -0.3 is 9.73 Å². The lowest BCUT2D eigenvalue weighted by Gasteiger charge is -2.07. The molecule has 1 N–H and O–H groups in total. The van der Waals surface area contributed by atoms with Crippen molar-refractivity contribution in [3.63, 3.8) is 0 Å². The van der Waals surface area contributed by atoms with E-state index in [2.05, 4.69) is 25.5 Å². The topological polar surface area (TPSA) is 120 Å². The van der Waals surface area contributed by atoms with Crippen molar-refractivity contribution in [3.05, 3.63) is 21.7 Å². The van der Waals surface area contributed by atoms with Gasteiger partial charge in [0.25, 0.3) is 5.22 Å². The molecule has 10 heteroatoms. The highest BCUT2D eigenvalue weighted by molar-refractivity contribution is 7.99. The van der Waals surface area contributed by atoms with E-state index in [4.69, 9.17) is 4.42 Å². The summed E-state index contributed by atoms with van der Waals surface area (Å²) in [5.74, 6) is 0.731. The summed E-state index contributed by atoms with van der Waals surface area (Å²) < 4.78 is 5.22. The van der Waals surface area contributed by atoms with Gasteiger partial charge in [0.1, 0.15) is 5.69 Å². The summed E-state index contributed by atoms with van der Waals surface area (Å²) in [5, 5.41) is 22.1. The molecule has 0 radical (unpaired) electrons. The molecule has 0 saturated heterocycles. The maximum absolute atomic E-state index is 11.2. The van der Waals surface area contributed by atoms with Gasteiger partial charge in [-0.05, 0) is 25.1 Å². The number of hydrogen-bond donors (Lipinski definition) is 1. The molecule has 0 atom stereocenters. The van der Waals surface area contributed by atoms with Crippen molar-refractivity contribution in [2.24, 2.45) is 0 Å². The molecule has 2 aromatic rings. The van der Waals surface area contributed by atoms with Crippen LogP contribution in [0.5, 0.6) is 0 Å². The van der Waals surface area contributed by atoms with E-state index in [-0.39, 0.29) is 21.6 Å². The van der Waals surface area contributed by atoms with Crippen LogP contribution >= 0.6 is 11.8 Å². The van der Waals surface area contributed by atoms with Crippen molar-refractivity contribution in [1.29, 1.82) is 0 Å². The first-order chi connectivity index (χ1) is 10.0. The van der Waals surface area contributed by atoms with Gasteiger partial charge in [0.2, 0.25) is 11.8 Å². The first-order valence-electron chi connectivity index (χ1n) is 6.26. The number of anilines is 1. The lowest BCUT2D eigenvalue weighted by Crippen LogP contribution is -2.08. The minimum absolute atomic E-state index is 0.155. The van der Waals surface area contributed by atoms with Crippen LogP contribution in [-0.4, -0.2) is 31.6 Å². The number of aryl methyl sites for hydroxylation is 2. The van der Waals surface area contributed by atoms with Crippen molar-refractivity contribution in [1.82, 2.24) is 20.2 Å². The Morgan fingerprint density at radius 3 is 2.67 bits per heavy atom. The summed E-state index contributed by atoms with van der Waals surface area (Å²) in [4.78, 5) is 18.9. The van der Waals surface area contributed by atoms with Gasteiger partial charge in [0.05, 0.1) is 4.92 Å². The zero-order chi connectivity index (χ0) is 15.4. The van der Waals surface area contributed by atoms with Crippen LogP contribution in [0.3, 0.4) is 0 Å². The summed E-state index contributed by atoms with van der Waals surface area (Å²) >= 11 is 0.952. The number of aromatic nitrogens is 4. The Bertz CT molecular complexity index is 659. The molecule has 0 aliphatic heterocycles. The lowest BCUT2D eigenvalue weighted by molar-refractivity contribution is -0.389. The maximum Gasteiger partial charge on any atom is 0.323 e. The zero-order valence-corrected chi connectivity index (χ0v) is 12.6. The quantitative estimate of drug-likeness (QED) is 0.487. The molecular weight excluding hydrogens is 296 g/mol. The van der Waals surface area contributed by atoms with Crippen LogP contribution in [0.15, 0.2) is 14.7 Å². The monoisotopic (exact) mass is 310 g/mol. The van der Waals surface area contributed by atoms with Gasteiger partial charge in [-0.1, -0.05) is 6.92 Å². The standard InChI is InChI=1S/C11H14N6O3S/c1-4-5-12-10-13-6(2)8(17(18)19)9(14-10)21-11-16-15-7(3)20-11/h4-5H2,1-3H3,(H,12,13,14). The first-order valence-corrected chi connectivity index (χ1v) is 7.07. The van der Waals surface area contributed by atoms with E-state index in [0.29, 0.717) is 18.4 Å². The van der Waals surface area contributed by atoms with Crippen molar-refractivity contribution in [2.45, 2.75) is 37.4 Å². The molecule has 21 heavy (non-hydrogen) atoms. The average molecular weight is 310 g/mol. The van der Waals surface area contributed by atoms with Crippen molar-refractivity contribution in [2.75, 3.05) is 11.9 Å². The van der Waals surface area contributed by atoms with Crippen molar-refractivity contribution in [3.8, 4) is 0 Å². The van der Waals surface area contributed by atoms with Gasteiger partial charge in [0.15, 0.2) is 5.03 Å². The second kappa shape index (κ2) is 6.48. The number of nitrogens with one attached hydrogen (secondary N) is 1. The molecule has 0 spiro atoms. The predicted octanol–water partition coefficient (Wildman–Crippen LogP) is 2.36. The molecule has 0 amide bonds. The largest absolute Gasteiger partial charge is 0.416 e. The van der Waals surface area contributed by atoms with Crippen LogP contribution in [-0.2, 0) is 0 Å². The maximum atomic E-state index is 11.2. The van der Waals surface area contributed by atoms with Crippen LogP contribution in [0.4, 0.5) is 11.6 Å². The normalized spacial score (nSPS) is 10.6. The van der Waals surface area contributed by atoms with E-state index in [0.717, 1.165) is 18.2 Å². The van der Waals surface area contributed by atoms with Crippen LogP contribution in [0.1, 0.15) is 24.9 Å². The second-order valence-electron chi connectivity index (χ2n) is 4.16. The van der Waals surface area contributed by atoms with Gasteiger partial charge in [-0.15, -0.1) is 10.2 Å². The molecular formula is C11H14N6O3S. The number of nitro groups is 1. The van der Waals surface area contributed by atoms with Gasteiger partial charge in [-0.2, -0.15) is 4.98 Å². The Hall–Kier alpha value is -2.23. The van der Waals surface area contributed by atoms with E-state index in [1.54, 1.807) is 13.8 Å². The Balaban J connectivity index is 2.39. The van der Waals surface area contributed by atoms with Crippen LogP contribution in [0.25, 0.3) is 0 Å². The third-order valence-electron chi connectivity index (χ3n) is 2.43. The van der Waals surface area contributed by atoms with E-state index in [9.17, 15) is 10.1 Å². The van der Waals surface area contributed by atoms with Gasteiger partial charge >= 0.3 is 5.69 Å². The first kappa shape index (κ1) is 15.2. The molecule has 0 unspecified atom stereocenters. The molecule has 112 valence electrons. The smallest absolute Gasteiger partial charge is 0.323 e. The number of rotatable bonds is 6. The summed E-state index contributed by atoms with van der Waals surface area (Å²) in [6, 6.07) is 0.